The molecule has 0 aromatic heterocycles. The number of hydrogen-bond acceptors (Lipinski definition) is 3. The van der Waals surface area contributed by atoms with Crippen molar-refractivity contribution in [3.05, 3.63) is 12.7 Å². The third-order valence-electron chi connectivity index (χ3n) is 2.41. The average molecular weight is 324 g/mol. The van der Waals surface area contributed by atoms with Gasteiger partial charge in [-0.2, -0.15) is 0 Å². The Labute approximate surface area is 105 Å². The maximum Gasteiger partial charge on any atom is 0.246 e. The van der Waals surface area contributed by atoms with Crippen LogP contribution in [0.1, 0.15) is 6.92 Å². The predicted molar refractivity (Wildman–Crippen MR) is 67.8 cm³/mol. The fourth-order valence-corrected chi connectivity index (χ4v) is 2.29. The molecule has 1 aliphatic heterocycles. The Hall–Kier alpha value is -0.140. The molecule has 1 rings (SSSR count). The van der Waals surface area contributed by atoms with E-state index in [1.54, 1.807) is 0 Å². The molecule has 0 N–H and O–H groups in total. The Kier molecular flexibility index (Phi) is 5.55. The van der Waals surface area contributed by atoms with Crippen molar-refractivity contribution in [2.75, 3.05) is 32.8 Å². The largest absolute Gasteiger partial charge is 0.380 e. The van der Waals surface area contributed by atoms with Crippen LogP contribution < -0.4 is 0 Å². The molecular weight excluding hydrogens is 307 g/mol. The lowest BCUT2D eigenvalue weighted by atomic mass is 10.2. The van der Waals surface area contributed by atoms with Crippen LogP contribution in [0.25, 0.3) is 0 Å². The first-order chi connectivity index (χ1) is 7.19. The molecule has 0 aromatic rings. The summed E-state index contributed by atoms with van der Waals surface area (Å²) in [6, 6.07) is 0.154. The molecule has 86 valence electrons. The second-order valence-corrected chi connectivity index (χ2v) is 4.78. The topological polar surface area (TPSA) is 32.8 Å². The van der Waals surface area contributed by atoms with Gasteiger partial charge in [-0.3, -0.25) is 4.79 Å². The van der Waals surface area contributed by atoms with Crippen molar-refractivity contribution in [2.45, 2.75) is 13.0 Å². The number of carbonyl (C=O) groups is 1. The lowest BCUT2D eigenvalue weighted by Crippen LogP contribution is -2.54. The molecule has 0 aliphatic carbocycles. The van der Waals surface area contributed by atoms with Gasteiger partial charge in [0.25, 0.3) is 0 Å². The zero-order valence-corrected chi connectivity index (χ0v) is 11.1. The Morgan fingerprint density at radius 2 is 2.40 bits per heavy atom. The van der Waals surface area contributed by atoms with Crippen LogP contribution in [0.2, 0.25) is 0 Å². The van der Waals surface area contributed by atoms with E-state index in [0.29, 0.717) is 13.2 Å². The van der Waals surface area contributed by atoms with Gasteiger partial charge in [-0.15, -0.1) is 0 Å². The van der Waals surface area contributed by atoms with Gasteiger partial charge in [-0.05, 0) is 13.0 Å². The monoisotopic (exact) mass is 324 g/mol. The molecule has 1 heterocycles. The van der Waals surface area contributed by atoms with Crippen molar-refractivity contribution in [3.63, 3.8) is 0 Å². The van der Waals surface area contributed by atoms with Crippen molar-refractivity contribution in [1.29, 1.82) is 0 Å². The minimum Gasteiger partial charge on any atom is -0.380 e. The van der Waals surface area contributed by atoms with Crippen LogP contribution in [-0.4, -0.2) is 52.8 Å². The van der Waals surface area contributed by atoms with E-state index in [0.717, 1.165) is 19.6 Å². The third-order valence-corrected chi connectivity index (χ3v) is 3.28. The Balaban J connectivity index is 2.57. The molecule has 1 saturated heterocycles. The number of nitrogens with zero attached hydrogens (tertiary/aromatic N) is 2. The molecule has 1 aliphatic rings. The zero-order chi connectivity index (χ0) is 11.3. The minimum atomic E-state index is 0.00389. The zero-order valence-electron chi connectivity index (χ0n) is 8.99. The lowest BCUT2D eigenvalue weighted by Gasteiger charge is -2.38. The van der Waals surface area contributed by atoms with Crippen molar-refractivity contribution in [3.8, 4) is 0 Å². The van der Waals surface area contributed by atoms with Crippen molar-refractivity contribution in [1.82, 2.24) is 8.01 Å². The van der Waals surface area contributed by atoms with E-state index in [1.807, 2.05) is 11.8 Å². The van der Waals surface area contributed by atoms with Crippen LogP contribution in [0.15, 0.2) is 12.7 Å². The SMILES string of the molecule is C=CC(=O)N1CCN(I)CC1COCC. The van der Waals surface area contributed by atoms with Gasteiger partial charge in [-0.25, -0.2) is 3.11 Å². The van der Waals surface area contributed by atoms with Gasteiger partial charge in [0.15, 0.2) is 0 Å². The number of hydrogen-bond donors (Lipinski definition) is 0. The second-order valence-electron chi connectivity index (χ2n) is 3.42. The fourth-order valence-electron chi connectivity index (χ4n) is 1.62. The fraction of sp³-hybridized carbons (Fsp3) is 0.700. The highest BCUT2D eigenvalue weighted by molar-refractivity contribution is 14.1. The maximum atomic E-state index is 11.6. The molecule has 0 spiro atoms. The van der Waals surface area contributed by atoms with E-state index in [1.165, 1.54) is 6.08 Å². The van der Waals surface area contributed by atoms with Crippen LogP contribution in [0.3, 0.4) is 0 Å². The lowest BCUT2D eigenvalue weighted by molar-refractivity contribution is -0.131. The summed E-state index contributed by atoms with van der Waals surface area (Å²) in [5.74, 6) is 0.00389. The van der Waals surface area contributed by atoms with Crippen molar-refractivity contribution < 1.29 is 9.53 Å². The number of rotatable bonds is 4. The quantitative estimate of drug-likeness (QED) is 0.441. The molecule has 1 amide bonds. The van der Waals surface area contributed by atoms with Gasteiger partial charge in [-0.1, -0.05) is 6.58 Å². The molecule has 15 heavy (non-hydrogen) atoms. The van der Waals surface area contributed by atoms with Crippen LogP contribution in [0.4, 0.5) is 0 Å². The Morgan fingerprint density at radius 1 is 1.67 bits per heavy atom. The first kappa shape index (κ1) is 12.9. The van der Waals surface area contributed by atoms with E-state index in [4.69, 9.17) is 4.74 Å². The van der Waals surface area contributed by atoms with Gasteiger partial charge in [0, 0.05) is 49.1 Å². The highest BCUT2D eigenvalue weighted by Crippen LogP contribution is 2.14. The summed E-state index contributed by atoms with van der Waals surface area (Å²) in [7, 11) is 0. The number of ether oxygens (including phenoxy) is 1. The van der Waals surface area contributed by atoms with E-state index in [2.05, 4.69) is 32.6 Å². The average Bonchev–Trinajstić information content (AvgIpc) is 2.25. The van der Waals surface area contributed by atoms with E-state index in [-0.39, 0.29) is 11.9 Å². The molecule has 0 aromatic carbocycles. The number of piperazine rings is 1. The first-order valence-electron chi connectivity index (χ1n) is 5.10. The maximum absolute atomic E-state index is 11.6. The molecule has 4 nitrogen and oxygen atoms in total. The number of carbonyl (C=O) groups excluding carboxylic acids is 1. The minimum absolute atomic E-state index is 0.00389. The van der Waals surface area contributed by atoms with Gasteiger partial charge in [0.05, 0.1) is 12.6 Å². The third kappa shape index (κ3) is 3.73. The molecular formula is C10H17IN2O2. The normalized spacial score (nSPS) is 22.8. The van der Waals surface area contributed by atoms with E-state index >= 15 is 0 Å². The Bertz CT molecular complexity index is 235. The van der Waals surface area contributed by atoms with Crippen molar-refractivity contribution in [2.24, 2.45) is 0 Å². The summed E-state index contributed by atoms with van der Waals surface area (Å²) in [4.78, 5) is 13.4. The summed E-state index contributed by atoms with van der Waals surface area (Å²) in [5, 5.41) is 0. The molecule has 5 heteroatoms. The van der Waals surface area contributed by atoms with Crippen LogP contribution in [-0.2, 0) is 9.53 Å². The van der Waals surface area contributed by atoms with Crippen LogP contribution >= 0.6 is 22.9 Å². The molecule has 0 saturated carbocycles. The molecule has 1 atom stereocenters. The van der Waals surface area contributed by atoms with Gasteiger partial charge in [0.1, 0.15) is 0 Å². The standard InChI is InChI=1S/C10H17IN2O2/c1-3-10(14)13-6-5-12(11)7-9(13)8-15-4-2/h3,9H,1,4-8H2,2H3. The summed E-state index contributed by atoms with van der Waals surface area (Å²) in [6.45, 7) is 9.30. The van der Waals surface area contributed by atoms with E-state index < -0.39 is 0 Å². The van der Waals surface area contributed by atoms with Crippen LogP contribution in [0, 0.1) is 0 Å². The molecule has 0 radical (unpaired) electrons. The highest BCUT2D eigenvalue weighted by atomic mass is 127. The smallest absolute Gasteiger partial charge is 0.246 e. The number of halogens is 1. The Morgan fingerprint density at radius 3 is 3.00 bits per heavy atom. The van der Waals surface area contributed by atoms with Gasteiger partial charge >= 0.3 is 0 Å². The van der Waals surface area contributed by atoms with Crippen LogP contribution in [0.5, 0.6) is 0 Å². The van der Waals surface area contributed by atoms with Crippen molar-refractivity contribution >= 4 is 28.8 Å². The number of amides is 1. The first-order valence-corrected chi connectivity index (χ1v) is 6.07. The summed E-state index contributed by atoms with van der Waals surface area (Å²) in [6.07, 6.45) is 1.38. The van der Waals surface area contributed by atoms with E-state index in [9.17, 15) is 4.79 Å². The summed E-state index contributed by atoms with van der Waals surface area (Å²) >= 11 is 2.28. The summed E-state index contributed by atoms with van der Waals surface area (Å²) < 4.78 is 7.58. The second kappa shape index (κ2) is 6.44. The summed E-state index contributed by atoms with van der Waals surface area (Å²) in [5.41, 5.74) is 0. The molecule has 0 bridgehead atoms. The highest BCUT2D eigenvalue weighted by Gasteiger charge is 2.28. The molecule has 1 fully saturated rings. The predicted octanol–water partition coefficient (Wildman–Crippen LogP) is 1.07. The molecule has 1 unspecified atom stereocenters. The van der Waals surface area contributed by atoms with Gasteiger partial charge in [0.2, 0.25) is 5.91 Å². The van der Waals surface area contributed by atoms with Gasteiger partial charge < -0.3 is 9.64 Å².